The average Bonchev–Trinajstić information content (AvgIpc) is 2.84. The molecule has 142 valence electrons. The Bertz CT molecular complexity index is 871. The summed E-state index contributed by atoms with van der Waals surface area (Å²) in [6.45, 7) is 7.88. The highest BCUT2D eigenvalue weighted by molar-refractivity contribution is 5.96. The van der Waals surface area contributed by atoms with Crippen molar-refractivity contribution in [2.24, 2.45) is 5.92 Å². The van der Waals surface area contributed by atoms with Crippen LogP contribution >= 0.6 is 0 Å². The first-order chi connectivity index (χ1) is 13.0. The summed E-state index contributed by atoms with van der Waals surface area (Å²) in [7, 11) is 0. The van der Waals surface area contributed by atoms with E-state index in [1.165, 1.54) is 0 Å². The molecule has 5 heteroatoms. The van der Waals surface area contributed by atoms with Gasteiger partial charge in [-0.25, -0.2) is 0 Å². The maximum atomic E-state index is 13.4. The van der Waals surface area contributed by atoms with Gasteiger partial charge in [0.15, 0.2) is 0 Å². The number of aromatic nitrogens is 1. The summed E-state index contributed by atoms with van der Waals surface area (Å²) in [5.41, 5.74) is 3.89. The van der Waals surface area contributed by atoms with Crippen LogP contribution in [0.5, 0.6) is 0 Å². The van der Waals surface area contributed by atoms with Crippen molar-refractivity contribution in [3.8, 4) is 5.69 Å². The van der Waals surface area contributed by atoms with E-state index < -0.39 is 0 Å². The number of aryl methyl sites for hydroxylation is 1. The number of rotatable bonds is 2. The molecule has 0 radical (unpaired) electrons. The van der Waals surface area contributed by atoms with Crippen molar-refractivity contribution >= 4 is 11.8 Å². The molecule has 3 saturated heterocycles. The number of carbonyl (C=O) groups excluding carboxylic acids is 2. The van der Waals surface area contributed by atoms with Crippen molar-refractivity contribution < 1.29 is 9.59 Å². The number of benzene rings is 1. The van der Waals surface area contributed by atoms with Gasteiger partial charge in [0.2, 0.25) is 5.91 Å². The van der Waals surface area contributed by atoms with Gasteiger partial charge in [0.1, 0.15) is 0 Å². The Morgan fingerprint density at radius 3 is 2.44 bits per heavy atom. The molecule has 4 heterocycles. The third kappa shape index (κ3) is 3.15. The molecule has 0 N–H and O–H groups in total. The molecule has 0 saturated carbocycles. The molecule has 0 aliphatic carbocycles. The third-order valence-corrected chi connectivity index (χ3v) is 6.10. The first-order valence-corrected chi connectivity index (χ1v) is 9.76. The predicted octanol–water partition coefficient (Wildman–Crippen LogP) is 3.18. The molecule has 27 heavy (non-hydrogen) atoms. The SMILES string of the molecule is CC(=O)N1C[C@@H]2CC[C@H](C1)N(C(=O)c1cc(C)n(-c3ccccc3)c1C)C2. The van der Waals surface area contributed by atoms with E-state index in [-0.39, 0.29) is 17.9 Å². The van der Waals surface area contributed by atoms with Crippen LogP contribution < -0.4 is 0 Å². The second-order valence-electron chi connectivity index (χ2n) is 7.93. The second kappa shape index (κ2) is 6.87. The monoisotopic (exact) mass is 365 g/mol. The zero-order valence-electron chi connectivity index (χ0n) is 16.3. The van der Waals surface area contributed by atoms with E-state index >= 15 is 0 Å². The molecule has 2 atom stereocenters. The van der Waals surface area contributed by atoms with Crippen LogP contribution in [0.15, 0.2) is 36.4 Å². The molecule has 5 rings (SSSR count). The normalized spacial score (nSPS) is 22.0. The lowest BCUT2D eigenvalue weighted by atomic mass is 9.94. The summed E-state index contributed by atoms with van der Waals surface area (Å²) >= 11 is 0. The number of piperidine rings is 1. The van der Waals surface area contributed by atoms with Crippen molar-refractivity contribution in [1.29, 1.82) is 0 Å². The number of amides is 2. The van der Waals surface area contributed by atoms with Crippen LogP contribution in [0.3, 0.4) is 0 Å². The van der Waals surface area contributed by atoms with E-state index in [2.05, 4.69) is 16.7 Å². The fourth-order valence-electron chi connectivity index (χ4n) is 4.70. The van der Waals surface area contributed by atoms with Crippen LogP contribution in [0.25, 0.3) is 5.69 Å². The molecule has 2 bridgehead atoms. The lowest BCUT2D eigenvalue weighted by Crippen LogP contribution is -2.47. The Labute approximate surface area is 160 Å². The number of fused-ring (bicyclic) bond motifs is 4. The van der Waals surface area contributed by atoms with Crippen LogP contribution in [0.2, 0.25) is 0 Å². The highest BCUT2D eigenvalue weighted by Crippen LogP contribution is 2.31. The van der Waals surface area contributed by atoms with Crippen LogP contribution in [0.1, 0.15) is 41.5 Å². The standard InChI is InChI=1S/C22H27N3O2/c1-15-11-21(16(2)25(15)19-7-5-4-6-8-19)22(27)24-13-18-9-10-20(24)14-23(12-18)17(3)26/h4-8,11,18,20H,9-10,12-14H2,1-3H3/t18-,20+/m0/s1. The molecule has 0 unspecified atom stereocenters. The van der Waals surface area contributed by atoms with Crippen LogP contribution in [0.4, 0.5) is 0 Å². The van der Waals surface area contributed by atoms with Gasteiger partial charge in [-0.1, -0.05) is 18.2 Å². The van der Waals surface area contributed by atoms with Gasteiger partial charge in [0.25, 0.3) is 5.91 Å². The molecule has 3 aliphatic heterocycles. The minimum Gasteiger partial charge on any atom is -0.341 e. The first kappa shape index (κ1) is 17.8. The topological polar surface area (TPSA) is 45.6 Å². The highest BCUT2D eigenvalue weighted by Gasteiger charge is 2.38. The molecule has 2 aromatic rings. The largest absolute Gasteiger partial charge is 0.341 e. The molecular formula is C22H27N3O2. The zero-order chi connectivity index (χ0) is 19.1. The van der Waals surface area contributed by atoms with Gasteiger partial charge in [-0.15, -0.1) is 0 Å². The molecule has 1 aromatic carbocycles. The van der Waals surface area contributed by atoms with Crippen LogP contribution in [0, 0.1) is 19.8 Å². The smallest absolute Gasteiger partial charge is 0.256 e. The van der Waals surface area contributed by atoms with E-state index in [4.69, 9.17) is 0 Å². The zero-order valence-corrected chi connectivity index (χ0v) is 16.3. The number of nitrogens with zero attached hydrogens (tertiary/aromatic N) is 3. The molecule has 3 aliphatic rings. The molecular weight excluding hydrogens is 338 g/mol. The van der Waals surface area contributed by atoms with Crippen molar-refractivity contribution in [1.82, 2.24) is 14.4 Å². The van der Waals surface area contributed by atoms with Crippen molar-refractivity contribution in [2.75, 3.05) is 19.6 Å². The Kier molecular flexibility index (Phi) is 4.54. The molecule has 5 nitrogen and oxygen atoms in total. The van der Waals surface area contributed by atoms with Crippen molar-refractivity contribution in [2.45, 2.75) is 39.7 Å². The van der Waals surface area contributed by atoms with E-state index in [0.717, 1.165) is 48.6 Å². The Morgan fingerprint density at radius 2 is 1.74 bits per heavy atom. The van der Waals surface area contributed by atoms with Gasteiger partial charge in [-0.3, -0.25) is 9.59 Å². The highest BCUT2D eigenvalue weighted by atomic mass is 16.2. The van der Waals surface area contributed by atoms with Gasteiger partial charge >= 0.3 is 0 Å². The summed E-state index contributed by atoms with van der Waals surface area (Å²) in [6.07, 6.45) is 2.08. The fraction of sp³-hybridized carbons (Fsp3) is 0.455. The Hall–Kier alpha value is -2.56. The summed E-state index contributed by atoms with van der Waals surface area (Å²) in [5.74, 6) is 0.600. The Balaban J connectivity index is 1.65. The van der Waals surface area contributed by atoms with Crippen LogP contribution in [-0.4, -0.2) is 51.9 Å². The van der Waals surface area contributed by atoms with E-state index in [9.17, 15) is 9.59 Å². The van der Waals surface area contributed by atoms with E-state index in [1.807, 2.05) is 47.9 Å². The lowest BCUT2D eigenvalue weighted by Gasteiger charge is -2.36. The maximum absolute atomic E-state index is 13.4. The number of hydrogen-bond acceptors (Lipinski definition) is 2. The lowest BCUT2D eigenvalue weighted by molar-refractivity contribution is -0.129. The van der Waals surface area contributed by atoms with Gasteiger partial charge < -0.3 is 14.4 Å². The minimum atomic E-state index is 0.102. The van der Waals surface area contributed by atoms with Crippen LogP contribution in [-0.2, 0) is 4.79 Å². The molecule has 1 aromatic heterocycles. The minimum absolute atomic E-state index is 0.102. The Morgan fingerprint density at radius 1 is 1.00 bits per heavy atom. The summed E-state index contributed by atoms with van der Waals surface area (Å²) in [4.78, 5) is 29.3. The number of hydrogen-bond donors (Lipinski definition) is 0. The molecule has 3 fully saturated rings. The van der Waals surface area contributed by atoms with E-state index in [1.54, 1.807) is 6.92 Å². The maximum Gasteiger partial charge on any atom is 0.256 e. The summed E-state index contributed by atoms with van der Waals surface area (Å²) < 4.78 is 2.14. The fourth-order valence-corrected chi connectivity index (χ4v) is 4.70. The average molecular weight is 365 g/mol. The second-order valence-corrected chi connectivity index (χ2v) is 7.93. The summed E-state index contributed by atoms with van der Waals surface area (Å²) in [5, 5.41) is 0. The van der Waals surface area contributed by atoms with Gasteiger partial charge in [-0.2, -0.15) is 0 Å². The predicted molar refractivity (Wildman–Crippen MR) is 105 cm³/mol. The third-order valence-electron chi connectivity index (χ3n) is 6.10. The van der Waals surface area contributed by atoms with Crippen molar-refractivity contribution in [3.63, 3.8) is 0 Å². The van der Waals surface area contributed by atoms with Gasteiger partial charge in [-0.05, 0) is 50.8 Å². The molecule has 0 spiro atoms. The first-order valence-electron chi connectivity index (χ1n) is 9.76. The number of para-hydroxylation sites is 1. The van der Waals surface area contributed by atoms with Crippen molar-refractivity contribution in [3.05, 3.63) is 53.3 Å². The van der Waals surface area contributed by atoms with Gasteiger partial charge in [0.05, 0.1) is 5.56 Å². The number of carbonyl (C=O) groups is 2. The summed E-state index contributed by atoms with van der Waals surface area (Å²) in [6, 6.07) is 12.3. The quantitative estimate of drug-likeness (QED) is 0.821. The molecule has 2 amide bonds. The van der Waals surface area contributed by atoms with Gasteiger partial charge in [0, 0.05) is 49.7 Å². The van der Waals surface area contributed by atoms with E-state index in [0.29, 0.717) is 12.5 Å².